The number of likely N-dealkylation sites (N-methyl/N-ethyl adjacent to an activating group) is 1. The van der Waals surface area contributed by atoms with Crippen LogP contribution in [-0.4, -0.2) is 104 Å². The number of hydrogen-bond donors (Lipinski definition) is 2. The van der Waals surface area contributed by atoms with E-state index in [-0.39, 0.29) is 47.0 Å². The molecule has 2 fully saturated rings. The summed E-state index contributed by atoms with van der Waals surface area (Å²) in [5.41, 5.74) is 6.42. The fraction of sp³-hybridized carbons (Fsp3) is 0.550. The maximum atomic E-state index is 12.9. The number of benzene rings is 1. The highest BCUT2D eigenvalue weighted by atomic mass is 35.5. The maximum absolute atomic E-state index is 12.9. The van der Waals surface area contributed by atoms with E-state index in [1.807, 2.05) is 0 Å². The first kappa shape index (κ1) is 25.7. The molecule has 0 aliphatic carbocycles. The molecule has 12 heteroatoms. The first-order valence-corrected chi connectivity index (χ1v) is 10.4. The van der Waals surface area contributed by atoms with Gasteiger partial charge in [-0.1, -0.05) is 11.6 Å². The molecule has 2 saturated heterocycles. The molecule has 5 N–H and O–H groups in total. The van der Waals surface area contributed by atoms with Crippen LogP contribution in [0.4, 0.5) is 10.5 Å². The highest BCUT2D eigenvalue weighted by molar-refractivity contribution is 6.33. The Bertz CT molecular complexity index is 869. The topological polar surface area (TPSA) is 149 Å². The maximum Gasteiger partial charge on any atom is 0.327 e. The van der Waals surface area contributed by atoms with Crippen LogP contribution in [0.5, 0.6) is 5.75 Å². The smallest absolute Gasteiger partial charge is 0.327 e. The lowest BCUT2D eigenvalue weighted by atomic mass is 10.0. The monoisotopic (exact) mass is 471 g/mol. The number of nitrogens with two attached hydrogens (primary N) is 1. The predicted molar refractivity (Wildman–Crippen MR) is 119 cm³/mol. The number of nitrogens with zero attached hydrogens (tertiary/aromatic N) is 3. The van der Waals surface area contributed by atoms with Crippen molar-refractivity contribution in [3.05, 3.63) is 22.7 Å². The van der Waals surface area contributed by atoms with Gasteiger partial charge in [0.2, 0.25) is 5.91 Å². The van der Waals surface area contributed by atoms with Crippen molar-refractivity contribution < 1.29 is 29.3 Å². The summed E-state index contributed by atoms with van der Waals surface area (Å²) in [6, 6.07) is 2.53. The molecule has 3 rings (SSSR count). The van der Waals surface area contributed by atoms with E-state index < -0.39 is 0 Å². The SMILES string of the molecule is COc1cc(N)c(Cl)cc1C(=O)N[C@@H]1CCN(CCN2C(=O)CN(C)C2=O)C[C@@H]1OC.O. The van der Waals surface area contributed by atoms with Gasteiger partial charge in [-0.15, -0.1) is 0 Å². The highest BCUT2D eigenvalue weighted by Gasteiger charge is 2.35. The van der Waals surface area contributed by atoms with Crippen molar-refractivity contribution in [2.75, 3.05) is 59.7 Å². The molecule has 0 saturated carbocycles. The highest BCUT2D eigenvalue weighted by Crippen LogP contribution is 2.29. The number of piperidine rings is 1. The molecule has 2 aliphatic rings. The summed E-state index contributed by atoms with van der Waals surface area (Å²) in [5.74, 6) is -0.166. The lowest BCUT2D eigenvalue weighted by Gasteiger charge is -2.38. The van der Waals surface area contributed by atoms with E-state index in [1.165, 1.54) is 29.0 Å². The molecule has 0 radical (unpaired) electrons. The van der Waals surface area contributed by atoms with Crippen LogP contribution in [0.1, 0.15) is 16.8 Å². The lowest BCUT2D eigenvalue weighted by molar-refractivity contribution is -0.125. The fourth-order valence-corrected chi connectivity index (χ4v) is 4.04. The average molecular weight is 472 g/mol. The van der Waals surface area contributed by atoms with Gasteiger partial charge in [-0.25, -0.2) is 4.79 Å². The Balaban J connectivity index is 0.00000363. The molecule has 4 amide bonds. The number of likely N-dealkylation sites (tertiary alicyclic amines) is 1. The second-order valence-corrected chi connectivity index (χ2v) is 8.11. The van der Waals surface area contributed by atoms with E-state index in [9.17, 15) is 14.4 Å². The van der Waals surface area contributed by atoms with Crippen LogP contribution in [-0.2, 0) is 9.53 Å². The number of carbonyl (C=O) groups excluding carboxylic acids is 3. The number of imide groups is 1. The Labute approximate surface area is 191 Å². The van der Waals surface area contributed by atoms with E-state index >= 15 is 0 Å². The third-order valence-corrected chi connectivity index (χ3v) is 6.02. The summed E-state index contributed by atoms with van der Waals surface area (Å²) < 4.78 is 10.9. The summed E-state index contributed by atoms with van der Waals surface area (Å²) >= 11 is 6.08. The first-order valence-electron chi connectivity index (χ1n) is 9.99. The fourth-order valence-electron chi connectivity index (χ4n) is 3.88. The Morgan fingerprint density at radius 1 is 1.28 bits per heavy atom. The van der Waals surface area contributed by atoms with E-state index in [0.29, 0.717) is 49.6 Å². The van der Waals surface area contributed by atoms with E-state index in [1.54, 1.807) is 14.2 Å². The Morgan fingerprint density at radius 3 is 2.59 bits per heavy atom. The Hall–Kier alpha value is -2.60. The van der Waals surface area contributed by atoms with Crippen LogP contribution < -0.4 is 15.8 Å². The molecular formula is C20H30ClN5O6. The molecule has 0 unspecified atom stereocenters. The zero-order valence-electron chi connectivity index (χ0n) is 18.4. The van der Waals surface area contributed by atoms with Crippen molar-refractivity contribution in [2.24, 2.45) is 0 Å². The zero-order chi connectivity index (χ0) is 22.7. The number of nitrogen functional groups attached to an aromatic ring is 1. The van der Waals surface area contributed by atoms with E-state index in [2.05, 4.69) is 10.2 Å². The quantitative estimate of drug-likeness (QED) is 0.413. The second kappa shape index (κ2) is 10.8. The number of carbonyl (C=O) groups is 3. The summed E-state index contributed by atoms with van der Waals surface area (Å²) in [5, 5.41) is 3.28. The van der Waals surface area contributed by atoms with Gasteiger partial charge >= 0.3 is 6.03 Å². The molecule has 0 aromatic heterocycles. The molecule has 2 aliphatic heterocycles. The zero-order valence-corrected chi connectivity index (χ0v) is 19.1. The van der Waals surface area contributed by atoms with Crippen molar-refractivity contribution >= 4 is 35.1 Å². The van der Waals surface area contributed by atoms with Crippen LogP contribution in [0.25, 0.3) is 0 Å². The molecule has 2 atom stereocenters. The third-order valence-electron chi connectivity index (χ3n) is 5.70. The molecule has 178 valence electrons. The van der Waals surface area contributed by atoms with Gasteiger partial charge in [0, 0.05) is 46.4 Å². The summed E-state index contributed by atoms with van der Waals surface area (Å²) in [6.07, 6.45) is 0.400. The van der Waals surface area contributed by atoms with Gasteiger partial charge in [-0.2, -0.15) is 0 Å². The minimum atomic E-state index is -0.324. The number of hydrogen-bond acceptors (Lipinski definition) is 7. The summed E-state index contributed by atoms with van der Waals surface area (Å²) in [6.45, 7) is 2.25. The number of anilines is 1. The van der Waals surface area contributed by atoms with Crippen molar-refractivity contribution in [1.29, 1.82) is 0 Å². The van der Waals surface area contributed by atoms with Crippen LogP contribution >= 0.6 is 11.6 Å². The number of amides is 4. The standard InChI is InChI=1S/C20H28ClN5O5.H2O/c1-24-11-18(27)26(20(24)29)7-6-25-5-4-15(17(10-25)31-3)23-19(28)12-8-13(21)14(22)9-16(12)30-2;/h8-9,15,17H,4-7,10-11,22H2,1-3H3,(H,23,28);1H2/t15-,17+;/m1./s1. The van der Waals surface area contributed by atoms with Gasteiger partial charge in [-0.05, 0) is 12.5 Å². The number of urea groups is 1. The van der Waals surface area contributed by atoms with Gasteiger partial charge in [0.05, 0.1) is 35.5 Å². The van der Waals surface area contributed by atoms with Crippen molar-refractivity contribution in [2.45, 2.75) is 18.6 Å². The van der Waals surface area contributed by atoms with Gasteiger partial charge in [0.15, 0.2) is 0 Å². The van der Waals surface area contributed by atoms with Crippen LogP contribution in [0.3, 0.4) is 0 Å². The number of halogens is 1. The number of nitrogens with one attached hydrogen (secondary N) is 1. The minimum absolute atomic E-state index is 0. The van der Waals surface area contributed by atoms with Gasteiger partial charge < -0.3 is 30.9 Å². The number of methoxy groups -OCH3 is 2. The third kappa shape index (κ3) is 5.41. The summed E-state index contributed by atoms with van der Waals surface area (Å²) in [7, 11) is 4.67. The van der Waals surface area contributed by atoms with Crippen LogP contribution in [0.15, 0.2) is 12.1 Å². The normalized spacial score (nSPS) is 21.5. The largest absolute Gasteiger partial charge is 0.496 e. The molecule has 11 nitrogen and oxygen atoms in total. The van der Waals surface area contributed by atoms with E-state index in [4.69, 9.17) is 26.8 Å². The minimum Gasteiger partial charge on any atom is -0.496 e. The molecule has 0 bridgehead atoms. The van der Waals surface area contributed by atoms with Crippen LogP contribution in [0, 0.1) is 0 Å². The Morgan fingerprint density at radius 2 is 2.00 bits per heavy atom. The first-order chi connectivity index (χ1) is 14.7. The number of rotatable bonds is 7. The lowest BCUT2D eigenvalue weighted by Crippen LogP contribution is -2.55. The molecule has 2 heterocycles. The molecule has 32 heavy (non-hydrogen) atoms. The predicted octanol–water partition coefficient (Wildman–Crippen LogP) is -0.181. The van der Waals surface area contributed by atoms with Crippen molar-refractivity contribution in [3.63, 3.8) is 0 Å². The number of ether oxygens (including phenoxy) is 2. The summed E-state index contributed by atoms with van der Waals surface area (Å²) in [4.78, 5) is 41.6. The van der Waals surface area contributed by atoms with Gasteiger partial charge in [-0.3, -0.25) is 19.4 Å². The van der Waals surface area contributed by atoms with Gasteiger partial charge in [0.25, 0.3) is 5.91 Å². The second-order valence-electron chi connectivity index (χ2n) is 7.70. The van der Waals surface area contributed by atoms with Crippen molar-refractivity contribution in [1.82, 2.24) is 20.0 Å². The Kier molecular flexibility index (Phi) is 8.67. The molecule has 1 aromatic rings. The molecule has 0 spiro atoms. The average Bonchev–Trinajstić information content (AvgIpc) is 2.99. The van der Waals surface area contributed by atoms with E-state index in [0.717, 1.165) is 0 Å². The van der Waals surface area contributed by atoms with Crippen molar-refractivity contribution in [3.8, 4) is 5.75 Å². The molecular weight excluding hydrogens is 442 g/mol. The van der Waals surface area contributed by atoms with Crippen LogP contribution in [0.2, 0.25) is 5.02 Å². The van der Waals surface area contributed by atoms with Gasteiger partial charge in [0.1, 0.15) is 12.3 Å². The molecule has 1 aromatic carbocycles.